The molecule has 0 aliphatic rings. The van der Waals surface area contributed by atoms with Gasteiger partial charge in [0.05, 0.1) is 5.52 Å². The highest BCUT2D eigenvalue weighted by Gasteiger charge is 2.07. The number of aromatic amines is 1. The van der Waals surface area contributed by atoms with Crippen molar-refractivity contribution in [2.45, 2.75) is 26.7 Å². The quantitative estimate of drug-likeness (QED) is 0.895. The van der Waals surface area contributed by atoms with Gasteiger partial charge in [-0.2, -0.15) is 0 Å². The van der Waals surface area contributed by atoms with E-state index >= 15 is 0 Å². The molecule has 3 nitrogen and oxygen atoms in total. The highest BCUT2D eigenvalue weighted by Crippen LogP contribution is 2.21. The van der Waals surface area contributed by atoms with E-state index in [0.29, 0.717) is 0 Å². The van der Waals surface area contributed by atoms with Crippen LogP contribution >= 0.6 is 15.9 Å². The summed E-state index contributed by atoms with van der Waals surface area (Å²) in [6.45, 7) is 4.20. The van der Waals surface area contributed by atoms with Crippen molar-refractivity contribution in [2.75, 3.05) is 0 Å². The molecule has 2 aromatic rings. The molecule has 1 N–H and O–H groups in total. The van der Waals surface area contributed by atoms with E-state index in [1.165, 1.54) is 5.56 Å². The zero-order chi connectivity index (χ0) is 10.1. The predicted octanol–water partition coefficient (Wildman–Crippen LogP) is 2.98. The highest BCUT2D eigenvalue weighted by molar-refractivity contribution is 9.10. The molecule has 0 aliphatic heterocycles. The van der Waals surface area contributed by atoms with Gasteiger partial charge in [0, 0.05) is 17.1 Å². The lowest BCUT2D eigenvalue weighted by molar-refractivity contribution is 0.860. The van der Waals surface area contributed by atoms with E-state index in [1.54, 1.807) is 6.20 Å². The van der Waals surface area contributed by atoms with E-state index in [-0.39, 0.29) is 0 Å². The molecular formula is C10H12BrN3. The highest BCUT2D eigenvalue weighted by atomic mass is 79.9. The summed E-state index contributed by atoms with van der Waals surface area (Å²) in [4.78, 5) is 12.0. The van der Waals surface area contributed by atoms with Crippen LogP contribution in [0.3, 0.4) is 0 Å². The van der Waals surface area contributed by atoms with Crippen LogP contribution in [0, 0.1) is 6.92 Å². The molecule has 2 aromatic heterocycles. The Kier molecular flexibility index (Phi) is 2.54. The molecule has 0 fully saturated rings. The van der Waals surface area contributed by atoms with Crippen molar-refractivity contribution in [3.05, 3.63) is 22.1 Å². The predicted molar refractivity (Wildman–Crippen MR) is 60.3 cm³/mol. The van der Waals surface area contributed by atoms with Crippen LogP contribution in [-0.2, 0) is 6.42 Å². The van der Waals surface area contributed by atoms with Crippen LogP contribution in [0.4, 0.5) is 0 Å². The summed E-state index contributed by atoms with van der Waals surface area (Å²) in [7, 11) is 0. The molecule has 0 radical (unpaired) electrons. The Bertz CT molecular complexity index is 462. The second kappa shape index (κ2) is 3.69. The third-order valence-electron chi connectivity index (χ3n) is 2.25. The van der Waals surface area contributed by atoms with E-state index in [4.69, 9.17) is 0 Å². The van der Waals surface area contributed by atoms with Crippen molar-refractivity contribution in [1.82, 2.24) is 15.0 Å². The molecule has 0 spiro atoms. The number of fused-ring (bicyclic) bond motifs is 1. The van der Waals surface area contributed by atoms with Gasteiger partial charge in [-0.15, -0.1) is 0 Å². The standard InChI is InChI=1S/C10H12BrN3/c1-3-4-8-13-9-6(2)7(11)5-12-10(9)14-8/h5H,3-4H2,1-2H3,(H,12,13,14). The Balaban J connectivity index is 2.59. The lowest BCUT2D eigenvalue weighted by atomic mass is 10.3. The Hall–Kier alpha value is -0.900. The fraction of sp³-hybridized carbons (Fsp3) is 0.400. The number of hydrogen-bond donors (Lipinski definition) is 1. The van der Waals surface area contributed by atoms with E-state index in [1.807, 2.05) is 0 Å². The van der Waals surface area contributed by atoms with Crippen LogP contribution in [0.2, 0.25) is 0 Å². The first kappa shape index (κ1) is 9.65. The van der Waals surface area contributed by atoms with E-state index in [2.05, 4.69) is 44.7 Å². The van der Waals surface area contributed by atoms with Crippen LogP contribution in [0.15, 0.2) is 10.7 Å². The fourth-order valence-corrected chi connectivity index (χ4v) is 1.76. The van der Waals surface area contributed by atoms with Crippen molar-refractivity contribution in [1.29, 1.82) is 0 Å². The molecule has 2 rings (SSSR count). The molecule has 2 heterocycles. The van der Waals surface area contributed by atoms with Crippen LogP contribution < -0.4 is 0 Å². The van der Waals surface area contributed by atoms with Gasteiger partial charge in [0.2, 0.25) is 0 Å². The van der Waals surface area contributed by atoms with Crippen molar-refractivity contribution in [2.24, 2.45) is 0 Å². The molecule has 0 aromatic carbocycles. The molecular weight excluding hydrogens is 242 g/mol. The summed E-state index contributed by atoms with van der Waals surface area (Å²) in [5.74, 6) is 1.02. The van der Waals surface area contributed by atoms with Gasteiger partial charge >= 0.3 is 0 Å². The number of halogens is 1. The number of aromatic nitrogens is 3. The van der Waals surface area contributed by atoms with Gasteiger partial charge in [-0.05, 0) is 34.8 Å². The van der Waals surface area contributed by atoms with Gasteiger partial charge in [0.1, 0.15) is 5.82 Å². The summed E-state index contributed by atoms with van der Waals surface area (Å²) >= 11 is 3.45. The summed E-state index contributed by atoms with van der Waals surface area (Å²) in [5, 5.41) is 0. The summed E-state index contributed by atoms with van der Waals surface area (Å²) in [6, 6.07) is 0. The molecule has 0 unspecified atom stereocenters. The molecule has 4 heteroatoms. The number of imidazole rings is 1. The number of nitrogens with one attached hydrogen (secondary N) is 1. The maximum absolute atomic E-state index is 4.42. The van der Waals surface area contributed by atoms with E-state index < -0.39 is 0 Å². The molecule has 0 bridgehead atoms. The van der Waals surface area contributed by atoms with Crippen molar-refractivity contribution < 1.29 is 0 Å². The molecule has 14 heavy (non-hydrogen) atoms. The first-order valence-corrected chi connectivity index (χ1v) is 5.51. The number of rotatable bonds is 2. The van der Waals surface area contributed by atoms with Gasteiger partial charge in [-0.1, -0.05) is 6.92 Å². The first-order valence-electron chi connectivity index (χ1n) is 4.72. The van der Waals surface area contributed by atoms with E-state index in [0.717, 1.165) is 34.3 Å². The largest absolute Gasteiger partial charge is 0.340 e. The minimum atomic E-state index is 0.814. The normalized spacial score (nSPS) is 11.1. The maximum atomic E-state index is 4.42. The summed E-state index contributed by atoms with van der Waals surface area (Å²) in [5.41, 5.74) is 3.03. The minimum Gasteiger partial charge on any atom is -0.340 e. The van der Waals surface area contributed by atoms with E-state index in [9.17, 15) is 0 Å². The molecule has 74 valence electrons. The molecule has 0 saturated carbocycles. The Morgan fingerprint density at radius 2 is 2.29 bits per heavy atom. The zero-order valence-corrected chi connectivity index (χ0v) is 9.85. The average Bonchev–Trinajstić information content (AvgIpc) is 2.56. The van der Waals surface area contributed by atoms with Gasteiger partial charge in [-0.25, -0.2) is 9.97 Å². The van der Waals surface area contributed by atoms with Crippen LogP contribution in [0.25, 0.3) is 11.2 Å². The Morgan fingerprint density at radius 3 is 3.00 bits per heavy atom. The minimum absolute atomic E-state index is 0.814. The van der Waals surface area contributed by atoms with Crippen LogP contribution in [0.5, 0.6) is 0 Å². The molecule has 0 atom stereocenters. The third kappa shape index (κ3) is 1.54. The molecule has 0 saturated heterocycles. The van der Waals surface area contributed by atoms with Crippen molar-refractivity contribution >= 4 is 27.1 Å². The number of aryl methyl sites for hydroxylation is 2. The van der Waals surface area contributed by atoms with Gasteiger partial charge < -0.3 is 4.98 Å². The van der Waals surface area contributed by atoms with Crippen molar-refractivity contribution in [3.8, 4) is 0 Å². The first-order chi connectivity index (χ1) is 6.72. The van der Waals surface area contributed by atoms with Gasteiger partial charge in [0.15, 0.2) is 5.65 Å². The second-order valence-electron chi connectivity index (χ2n) is 3.36. The third-order valence-corrected chi connectivity index (χ3v) is 3.05. The van der Waals surface area contributed by atoms with Gasteiger partial charge in [0.25, 0.3) is 0 Å². The lowest BCUT2D eigenvalue weighted by Crippen LogP contribution is -1.84. The Morgan fingerprint density at radius 1 is 1.50 bits per heavy atom. The topological polar surface area (TPSA) is 41.6 Å². The second-order valence-corrected chi connectivity index (χ2v) is 4.22. The Labute approximate surface area is 91.1 Å². The number of hydrogen-bond acceptors (Lipinski definition) is 2. The lowest BCUT2D eigenvalue weighted by Gasteiger charge is -1.96. The number of nitrogens with zero attached hydrogens (tertiary/aromatic N) is 2. The smallest absolute Gasteiger partial charge is 0.178 e. The number of H-pyrrole nitrogens is 1. The monoisotopic (exact) mass is 253 g/mol. The van der Waals surface area contributed by atoms with Crippen molar-refractivity contribution in [3.63, 3.8) is 0 Å². The maximum Gasteiger partial charge on any atom is 0.178 e. The molecule has 0 aliphatic carbocycles. The zero-order valence-electron chi connectivity index (χ0n) is 8.26. The van der Waals surface area contributed by atoms with Gasteiger partial charge in [-0.3, -0.25) is 0 Å². The fourth-order valence-electron chi connectivity index (χ4n) is 1.46. The molecule has 0 amide bonds. The number of pyridine rings is 1. The average molecular weight is 254 g/mol. The SMILES string of the molecule is CCCc1nc2ncc(Br)c(C)c2[nH]1. The van der Waals surface area contributed by atoms with Crippen LogP contribution in [0.1, 0.15) is 24.7 Å². The summed E-state index contributed by atoms with van der Waals surface area (Å²) < 4.78 is 1.02. The summed E-state index contributed by atoms with van der Waals surface area (Å²) in [6.07, 6.45) is 3.88. The van der Waals surface area contributed by atoms with Crippen LogP contribution in [-0.4, -0.2) is 15.0 Å².